The zero-order valence-corrected chi connectivity index (χ0v) is 13.9. The third kappa shape index (κ3) is 3.82. The standard InChI is InChI=1S/C17H26BrN/c1-17(2,3)14-8-9-16(19)13(11-14)10-12-6-4-5-7-15(12)18/h4-7,13-14,16H,8-11,19H2,1-3H3. The van der Waals surface area contributed by atoms with Gasteiger partial charge in [0.15, 0.2) is 0 Å². The van der Waals surface area contributed by atoms with Crippen LogP contribution in [0.4, 0.5) is 0 Å². The molecule has 2 rings (SSSR count). The van der Waals surface area contributed by atoms with Crippen LogP contribution in [0.25, 0.3) is 0 Å². The van der Waals surface area contributed by atoms with Crippen LogP contribution in [0.2, 0.25) is 0 Å². The van der Waals surface area contributed by atoms with E-state index in [4.69, 9.17) is 5.73 Å². The summed E-state index contributed by atoms with van der Waals surface area (Å²) in [6.07, 6.45) is 4.84. The fourth-order valence-corrected chi connectivity index (χ4v) is 3.70. The van der Waals surface area contributed by atoms with Crippen molar-refractivity contribution in [2.24, 2.45) is 23.0 Å². The second kappa shape index (κ2) is 5.97. The van der Waals surface area contributed by atoms with Crippen LogP contribution in [0.15, 0.2) is 28.7 Å². The highest BCUT2D eigenvalue weighted by atomic mass is 79.9. The number of hydrogen-bond acceptors (Lipinski definition) is 1. The summed E-state index contributed by atoms with van der Waals surface area (Å²) < 4.78 is 1.22. The molecule has 0 aliphatic heterocycles. The van der Waals surface area contributed by atoms with Crippen LogP contribution in [0.1, 0.15) is 45.6 Å². The molecule has 0 spiro atoms. The number of rotatable bonds is 2. The molecule has 2 heteroatoms. The van der Waals surface area contributed by atoms with Crippen LogP contribution in [-0.4, -0.2) is 6.04 Å². The van der Waals surface area contributed by atoms with Gasteiger partial charge < -0.3 is 5.73 Å². The quantitative estimate of drug-likeness (QED) is 0.832. The lowest BCUT2D eigenvalue weighted by Gasteiger charge is -2.41. The maximum atomic E-state index is 6.37. The molecular weight excluding hydrogens is 298 g/mol. The van der Waals surface area contributed by atoms with Crippen molar-refractivity contribution in [3.05, 3.63) is 34.3 Å². The summed E-state index contributed by atoms with van der Waals surface area (Å²) in [6, 6.07) is 8.91. The smallest absolute Gasteiger partial charge is 0.0207 e. The maximum absolute atomic E-state index is 6.37. The molecule has 1 aliphatic rings. The normalized spacial score (nSPS) is 28.4. The Labute approximate surface area is 126 Å². The Morgan fingerprint density at radius 1 is 1.21 bits per heavy atom. The van der Waals surface area contributed by atoms with Gasteiger partial charge in [-0.2, -0.15) is 0 Å². The summed E-state index contributed by atoms with van der Waals surface area (Å²) >= 11 is 3.66. The van der Waals surface area contributed by atoms with E-state index in [1.807, 2.05) is 0 Å². The molecule has 1 aromatic carbocycles. The van der Waals surface area contributed by atoms with Gasteiger partial charge in [-0.1, -0.05) is 54.9 Å². The minimum Gasteiger partial charge on any atom is -0.327 e. The number of halogens is 1. The molecule has 106 valence electrons. The van der Waals surface area contributed by atoms with Crippen LogP contribution in [-0.2, 0) is 6.42 Å². The predicted molar refractivity (Wildman–Crippen MR) is 86.1 cm³/mol. The minimum atomic E-state index is 0.366. The van der Waals surface area contributed by atoms with Crippen molar-refractivity contribution in [2.45, 2.75) is 52.5 Å². The third-order valence-corrected chi connectivity index (χ3v) is 5.48. The molecule has 0 bridgehead atoms. The van der Waals surface area contributed by atoms with Crippen molar-refractivity contribution in [1.29, 1.82) is 0 Å². The predicted octanol–water partition coefficient (Wildman–Crippen LogP) is 4.78. The molecule has 1 saturated carbocycles. The van der Waals surface area contributed by atoms with Gasteiger partial charge >= 0.3 is 0 Å². The molecule has 1 aliphatic carbocycles. The Hall–Kier alpha value is -0.340. The van der Waals surface area contributed by atoms with Crippen molar-refractivity contribution in [3.8, 4) is 0 Å². The topological polar surface area (TPSA) is 26.0 Å². The molecular formula is C17H26BrN. The van der Waals surface area contributed by atoms with E-state index >= 15 is 0 Å². The molecule has 0 aromatic heterocycles. The van der Waals surface area contributed by atoms with Crippen LogP contribution in [0.5, 0.6) is 0 Å². The summed E-state index contributed by atoms with van der Waals surface area (Å²) in [5.74, 6) is 1.43. The second-order valence-electron chi connectivity index (χ2n) is 7.10. The van der Waals surface area contributed by atoms with Gasteiger partial charge in [-0.25, -0.2) is 0 Å². The van der Waals surface area contributed by atoms with Crippen molar-refractivity contribution < 1.29 is 0 Å². The molecule has 19 heavy (non-hydrogen) atoms. The largest absolute Gasteiger partial charge is 0.327 e. The first kappa shape index (κ1) is 15.1. The van der Waals surface area contributed by atoms with Crippen molar-refractivity contribution in [3.63, 3.8) is 0 Å². The zero-order chi connectivity index (χ0) is 14.0. The average molecular weight is 324 g/mol. The van der Waals surface area contributed by atoms with E-state index in [1.54, 1.807) is 0 Å². The summed E-state index contributed by atoms with van der Waals surface area (Å²) in [5.41, 5.74) is 8.18. The molecule has 0 radical (unpaired) electrons. The first-order valence-corrected chi connectivity index (χ1v) is 8.16. The first-order chi connectivity index (χ1) is 8.88. The van der Waals surface area contributed by atoms with Crippen molar-refractivity contribution in [2.75, 3.05) is 0 Å². The second-order valence-corrected chi connectivity index (χ2v) is 7.95. The van der Waals surface area contributed by atoms with Gasteiger partial charge in [-0.05, 0) is 54.6 Å². The average Bonchev–Trinajstić information content (AvgIpc) is 2.33. The Bertz CT molecular complexity index is 422. The van der Waals surface area contributed by atoms with Gasteiger partial charge in [-0.3, -0.25) is 0 Å². The molecule has 0 saturated heterocycles. The van der Waals surface area contributed by atoms with Crippen molar-refractivity contribution >= 4 is 15.9 Å². The monoisotopic (exact) mass is 323 g/mol. The molecule has 0 amide bonds. The van der Waals surface area contributed by atoms with Crippen molar-refractivity contribution in [1.82, 2.24) is 0 Å². The van der Waals surface area contributed by atoms with E-state index < -0.39 is 0 Å². The van der Waals surface area contributed by atoms with Crippen LogP contribution in [0.3, 0.4) is 0 Å². The van der Waals surface area contributed by atoms with E-state index in [0.717, 1.165) is 12.3 Å². The lowest BCUT2D eigenvalue weighted by molar-refractivity contribution is 0.126. The highest BCUT2D eigenvalue weighted by Crippen LogP contribution is 2.41. The lowest BCUT2D eigenvalue weighted by atomic mass is 9.66. The maximum Gasteiger partial charge on any atom is 0.0207 e. The number of benzene rings is 1. The SMILES string of the molecule is CC(C)(C)C1CCC(N)C(Cc2ccccc2Br)C1. The molecule has 1 fully saturated rings. The highest BCUT2D eigenvalue weighted by Gasteiger charge is 2.34. The fraction of sp³-hybridized carbons (Fsp3) is 0.647. The molecule has 3 atom stereocenters. The third-order valence-electron chi connectivity index (χ3n) is 4.71. The van der Waals surface area contributed by atoms with Gasteiger partial charge in [0.25, 0.3) is 0 Å². The fourth-order valence-electron chi connectivity index (χ4n) is 3.26. The van der Waals surface area contributed by atoms with Crippen LogP contribution in [0, 0.1) is 17.3 Å². The van der Waals surface area contributed by atoms with Gasteiger partial charge in [0.1, 0.15) is 0 Å². The van der Waals surface area contributed by atoms with Gasteiger partial charge in [0, 0.05) is 10.5 Å². The molecule has 0 heterocycles. The zero-order valence-electron chi connectivity index (χ0n) is 12.3. The Kier molecular flexibility index (Phi) is 4.73. The van der Waals surface area contributed by atoms with Gasteiger partial charge in [0.2, 0.25) is 0 Å². The summed E-state index contributed by atoms with van der Waals surface area (Å²) in [7, 11) is 0. The number of hydrogen-bond donors (Lipinski definition) is 1. The first-order valence-electron chi connectivity index (χ1n) is 7.37. The molecule has 1 aromatic rings. The van der Waals surface area contributed by atoms with Crippen LogP contribution >= 0.6 is 15.9 Å². The minimum absolute atomic E-state index is 0.366. The van der Waals surface area contributed by atoms with E-state index in [2.05, 4.69) is 61.0 Å². The molecule has 1 nitrogen and oxygen atoms in total. The van der Waals surface area contributed by atoms with Gasteiger partial charge in [0.05, 0.1) is 0 Å². The Balaban J connectivity index is 2.08. The van der Waals surface area contributed by atoms with Gasteiger partial charge in [-0.15, -0.1) is 0 Å². The molecule has 2 N–H and O–H groups in total. The van der Waals surface area contributed by atoms with E-state index in [9.17, 15) is 0 Å². The van der Waals surface area contributed by atoms with E-state index in [0.29, 0.717) is 17.4 Å². The van der Waals surface area contributed by atoms with E-state index in [-0.39, 0.29) is 0 Å². The number of nitrogens with two attached hydrogens (primary N) is 1. The Morgan fingerprint density at radius 3 is 2.53 bits per heavy atom. The molecule has 3 unspecified atom stereocenters. The summed E-state index contributed by atoms with van der Waals surface area (Å²) in [4.78, 5) is 0. The summed E-state index contributed by atoms with van der Waals surface area (Å²) in [6.45, 7) is 7.10. The Morgan fingerprint density at radius 2 is 1.89 bits per heavy atom. The summed E-state index contributed by atoms with van der Waals surface area (Å²) in [5, 5.41) is 0. The van der Waals surface area contributed by atoms with E-state index in [1.165, 1.54) is 29.3 Å². The van der Waals surface area contributed by atoms with Crippen LogP contribution < -0.4 is 5.73 Å². The highest BCUT2D eigenvalue weighted by molar-refractivity contribution is 9.10. The lowest BCUT2D eigenvalue weighted by Crippen LogP contribution is -2.40.